The van der Waals surface area contributed by atoms with E-state index in [2.05, 4.69) is 5.32 Å². The van der Waals surface area contributed by atoms with Crippen LogP contribution in [0.2, 0.25) is 5.02 Å². The lowest BCUT2D eigenvalue weighted by Crippen LogP contribution is -2.27. The molecule has 1 aliphatic heterocycles. The average Bonchev–Trinajstić information content (AvgIpc) is 2.33. The summed E-state index contributed by atoms with van der Waals surface area (Å²) in [6.45, 7) is 0.972. The molecule has 0 aliphatic carbocycles. The maximum Gasteiger partial charge on any atom is 0.142 e. The van der Waals surface area contributed by atoms with Crippen LogP contribution in [0.5, 0.6) is 11.5 Å². The third-order valence-corrected chi connectivity index (χ3v) is 3.31. The van der Waals surface area contributed by atoms with Crippen LogP contribution in [0.25, 0.3) is 0 Å². The van der Waals surface area contributed by atoms with Gasteiger partial charge in [0.15, 0.2) is 0 Å². The molecule has 0 aromatic heterocycles. The van der Waals surface area contributed by atoms with Gasteiger partial charge in [0.2, 0.25) is 0 Å². The second-order valence-corrected chi connectivity index (χ2v) is 4.42. The van der Waals surface area contributed by atoms with Gasteiger partial charge in [-0.05, 0) is 31.5 Å². The van der Waals surface area contributed by atoms with Crippen LogP contribution in [0.1, 0.15) is 30.9 Å². The van der Waals surface area contributed by atoms with E-state index in [0.29, 0.717) is 10.8 Å². The van der Waals surface area contributed by atoms with Gasteiger partial charge < -0.3 is 15.2 Å². The minimum Gasteiger partial charge on any atom is -0.506 e. The molecule has 88 valence electrons. The summed E-state index contributed by atoms with van der Waals surface area (Å²) in [5.41, 5.74) is 0.787. The Hall–Kier alpha value is -0.930. The quantitative estimate of drug-likeness (QED) is 0.837. The van der Waals surface area contributed by atoms with Crippen LogP contribution in [0, 0.1) is 0 Å². The van der Waals surface area contributed by atoms with Crippen molar-refractivity contribution in [3.05, 3.63) is 22.7 Å². The fourth-order valence-electron chi connectivity index (χ4n) is 2.18. The summed E-state index contributed by atoms with van der Waals surface area (Å²) >= 11 is 5.93. The molecule has 0 spiro atoms. The number of piperidine rings is 1. The van der Waals surface area contributed by atoms with Crippen LogP contribution in [0.4, 0.5) is 0 Å². The second-order valence-electron chi connectivity index (χ2n) is 4.01. The van der Waals surface area contributed by atoms with Crippen molar-refractivity contribution in [3.63, 3.8) is 0 Å². The highest BCUT2D eigenvalue weighted by atomic mass is 35.5. The number of benzene rings is 1. The maximum atomic E-state index is 10.0. The molecule has 0 radical (unpaired) electrons. The van der Waals surface area contributed by atoms with Crippen LogP contribution in [0.15, 0.2) is 12.1 Å². The second kappa shape index (κ2) is 4.93. The number of phenols is 1. The molecule has 4 heteroatoms. The van der Waals surface area contributed by atoms with E-state index < -0.39 is 0 Å². The monoisotopic (exact) mass is 241 g/mol. The van der Waals surface area contributed by atoms with E-state index in [0.717, 1.165) is 24.9 Å². The van der Waals surface area contributed by atoms with E-state index >= 15 is 0 Å². The molecule has 16 heavy (non-hydrogen) atoms. The summed E-state index contributed by atoms with van der Waals surface area (Å²) in [4.78, 5) is 0. The number of phenolic OH excluding ortho intramolecular Hbond substituents is 1. The van der Waals surface area contributed by atoms with Crippen molar-refractivity contribution in [2.45, 2.75) is 25.3 Å². The largest absolute Gasteiger partial charge is 0.506 e. The van der Waals surface area contributed by atoms with Crippen LogP contribution < -0.4 is 10.1 Å². The third-order valence-electron chi connectivity index (χ3n) is 3.01. The van der Waals surface area contributed by atoms with Crippen LogP contribution in [-0.4, -0.2) is 18.8 Å². The summed E-state index contributed by atoms with van der Waals surface area (Å²) in [5, 5.41) is 13.8. The molecule has 0 unspecified atom stereocenters. The number of methoxy groups -OCH3 is 1. The van der Waals surface area contributed by atoms with Gasteiger partial charge in [-0.25, -0.2) is 0 Å². The van der Waals surface area contributed by atoms with E-state index in [-0.39, 0.29) is 11.8 Å². The fourth-order valence-corrected chi connectivity index (χ4v) is 2.34. The standard InChI is InChI=1S/C12H16ClNO2/c1-16-10-6-5-8(13)12(15)11(10)9-4-2-3-7-14-9/h5-6,9,14-15H,2-4,7H2,1H3/t9-/m1/s1. The highest BCUT2D eigenvalue weighted by molar-refractivity contribution is 6.32. The smallest absolute Gasteiger partial charge is 0.142 e. The lowest BCUT2D eigenvalue weighted by molar-refractivity contribution is 0.357. The molecule has 1 aromatic rings. The molecule has 1 atom stereocenters. The van der Waals surface area contributed by atoms with Crippen molar-refractivity contribution < 1.29 is 9.84 Å². The number of aromatic hydroxyl groups is 1. The van der Waals surface area contributed by atoms with Gasteiger partial charge >= 0.3 is 0 Å². The van der Waals surface area contributed by atoms with Gasteiger partial charge in [-0.2, -0.15) is 0 Å². The van der Waals surface area contributed by atoms with Gasteiger partial charge in [0.25, 0.3) is 0 Å². The molecule has 1 aromatic carbocycles. The highest BCUT2D eigenvalue weighted by Gasteiger charge is 2.23. The first-order valence-corrected chi connectivity index (χ1v) is 5.90. The molecular formula is C12H16ClNO2. The minimum absolute atomic E-state index is 0.139. The Labute approximate surface area is 100 Å². The van der Waals surface area contributed by atoms with Crippen LogP contribution in [-0.2, 0) is 0 Å². The van der Waals surface area contributed by atoms with Crippen molar-refractivity contribution in [1.82, 2.24) is 5.32 Å². The summed E-state index contributed by atoms with van der Waals surface area (Å²) in [5.74, 6) is 0.835. The average molecular weight is 242 g/mol. The third kappa shape index (κ3) is 2.11. The Kier molecular flexibility index (Phi) is 3.56. The SMILES string of the molecule is COc1ccc(Cl)c(O)c1[C@H]1CCCCN1. The zero-order valence-corrected chi connectivity index (χ0v) is 10.0. The van der Waals surface area contributed by atoms with Crippen molar-refractivity contribution in [2.24, 2.45) is 0 Å². The Morgan fingerprint density at radius 2 is 2.25 bits per heavy atom. The maximum absolute atomic E-state index is 10.0. The first-order chi connectivity index (χ1) is 7.74. The molecule has 1 aliphatic rings. The van der Waals surface area contributed by atoms with Gasteiger partial charge in [-0.15, -0.1) is 0 Å². The van der Waals surface area contributed by atoms with Gasteiger partial charge in [0.05, 0.1) is 17.7 Å². The zero-order valence-electron chi connectivity index (χ0n) is 9.29. The lowest BCUT2D eigenvalue weighted by atomic mass is 9.96. The summed E-state index contributed by atoms with van der Waals surface area (Å²) in [6.07, 6.45) is 3.34. The van der Waals surface area contributed by atoms with Crippen molar-refractivity contribution in [2.75, 3.05) is 13.7 Å². The minimum atomic E-state index is 0.139. The number of nitrogens with one attached hydrogen (secondary N) is 1. The van der Waals surface area contributed by atoms with E-state index in [1.54, 1.807) is 19.2 Å². The van der Waals surface area contributed by atoms with Gasteiger partial charge in [-0.1, -0.05) is 18.0 Å². The van der Waals surface area contributed by atoms with Gasteiger partial charge in [-0.3, -0.25) is 0 Å². The lowest BCUT2D eigenvalue weighted by Gasteiger charge is -2.26. The molecule has 0 bridgehead atoms. The molecule has 0 amide bonds. The normalized spacial score (nSPS) is 20.8. The molecule has 2 rings (SSSR count). The first-order valence-electron chi connectivity index (χ1n) is 5.52. The summed E-state index contributed by atoms with van der Waals surface area (Å²) < 4.78 is 5.28. The number of ether oxygens (including phenoxy) is 1. The number of halogens is 1. The summed E-state index contributed by atoms with van der Waals surface area (Å²) in [6, 6.07) is 3.60. The predicted octanol–water partition coefficient (Wildman–Crippen LogP) is 2.87. The molecular weight excluding hydrogens is 226 g/mol. The Bertz CT molecular complexity index is 376. The van der Waals surface area contributed by atoms with Crippen molar-refractivity contribution >= 4 is 11.6 Å². The van der Waals surface area contributed by atoms with E-state index in [1.165, 1.54) is 6.42 Å². The number of rotatable bonds is 2. The molecule has 0 saturated carbocycles. The van der Waals surface area contributed by atoms with Gasteiger partial charge in [0, 0.05) is 6.04 Å². The predicted molar refractivity (Wildman–Crippen MR) is 64.3 cm³/mol. The van der Waals surface area contributed by atoms with E-state index in [9.17, 15) is 5.11 Å². The molecule has 3 nitrogen and oxygen atoms in total. The number of hydrogen-bond acceptors (Lipinski definition) is 3. The van der Waals surface area contributed by atoms with E-state index in [4.69, 9.17) is 16.3 Å². The molecule has 1 fully saturated rings. The fraction of sp³-hybridized carbons (Fsp3) is 0.500. The Balaban J connectivity index is 2.39. The first kappa shape index (κ1) is 11.6. The zero-order chi connectivity index (χ0) is 11.5. The van der Waals surface area contributed by atoms with Crippen molar-refractivity contribution in [1.29, 1.82) is 0 Å². The highest BCUT2D eigenvalue weighted by Crippen LogP contribution is 2.40. The Morgan fingerprint density at radius 1 is 1.44 bits per heavy atom. The molecule has 1 heterocycles. The Morgan fingerprint density at radius 3 is 2.88 bits per heavy atom. The molecule has 2 N–H and O–H groups in total. The number of hydrogen-bond donors (Lipinski definition) is 2. The van der Waals surface area contributed by atoms with Crippen molar-refractivity contribution in [3.8, 4) is 11.5 Å². The topological polar surface area (TPSA) is 41.5 Å². The summed E-state index contributed by atoms with van der Waals surface area (Å²) in [7, 11) is 1.61. The van der Waals surface area contributed by atoms with Crippen LogP contribution >= 0.6 is 11.6 Å². The molecule has 1 saturated heterocycles. The van der Waals surface area contributed by atoms with Crippen LogP contribution in [0.3, 0.4) is 0 Å². The van der Waals surface area contributed by atoms with Gasteiger partial charge in [0.1, 0.15) is 11.5 Å². The van der Waals surface area contributed by atoms with E-state index in [1.807, 2.05) is 0 Å².